The van der Waals surface area contributed by atoms with Crippen molar-refractivity contribution in [2.24, 2.45) is 5.73 Å². The number of rotatable bonds is 8. The molecule has 0 aliphatic heterocycles. The maximum atomic E-state index is 12.1. The average molecular weight is 292 g/mol. The molecule has 0 aliphatic carbocycles. The zero-order valence-corrected chi connectivity index (χ0v) is 13.6. The van der Waals surface area contributed by atoms with Crippen LogP contribution in [0.25, 0.3) is 0 Å². The van der Waals surface area contributed by atoms with Crippen molar-refractivity contribution >= 4 is 5.91 Å². The standard InChI is InChI=1S/C17H28N2O2/c1-5-6-10-15(18)17(20)19-13(4)14-9-7-8-11-16(14)21-12(2)3/h7-9,11-13,15H,5-6,10,18H2,1-4H3,(H,19,20)/t13?,15-/m0/s1. The average Bonchev–Trinajstić information content (AvgIpc) is 2.44. The summed E-state index contributed by atoms with van der Waals surface area (Å²) in [5.74, 6) is 0.706. The number of hydrogen-bond acceptors (Lipinski definition) is 3. The van der Waals surface area contributed by atoms with E-state index >= 15 is 0 Å². The number of nitrogens with one attached hydrogen (secondary N) is 1. The van der Waals surface area contributed by atoms with Gasteiger partial charge in [0.2, 0.25) is 5.91 Å². The summed E-state index contributed by atoms with van der Waals surface area (Å²) in [5.41, 5.74) is 6.88. The highest BCUT2D eigenvalue weighted by Gasteiger charge is 2.18. The molecule has 0 fully saturated rings. The van der Waals surface area contributed by atoms with Gasteiger partial charge in [-0.25, -0.2) is 0 Å². The Kier molecular flexibility index (Phi) is 7.23. The van der Waals surface area contributed by atoms with Gasteiger partial charge in [0.15, 0.2) is 0 Å². The third kappa shape index (κ3) is 5.76. The number of ether oxygens (including phenoxy) is 1. The van der Waals surface area contributed by atoms with Crippen LogP contribution in [0.4, 0.5) is 0 Å². The highest BCUT2D eigenvalue weighted by Crippen LogP contribution is 2.25. The summed E-state index contributed by atoms with van der Waals surface area (Å²) in [6.45, 7) is 8.01. The molecule has 4 nitrogen and oxygen atoms in total. The van der Waals surface area contributed by atoms with Gasteiger partial charge in [0, 0.05) is 5.56 Å². The Morgan fingerprint density at radius 3 is 2.57 bits per heavy atom. The van der Waals surface area contributed by atoms with Crippen LogP contribution < -0.4 is 15.8 Å². The maximum absolute atomic E-state index is 12.1. The van der Waals surface area contributed by atoms with Crippen molar-refractivity contribution in [3.05, 3.63) is 29.8 Å². The van der Waals surface area contributed by atoms with E-state index in [1.165, 1.54) is 0 Å². The molecule has 0 saturated heterocycles. The van der Waals surface area contributed by atoms with Gasteiger partial charge in [0.1, 0.15) is 5.75 Å². The molecular formula is C17H28N2O2. The molecule has 2 atom stereocenters. The monoisotopic (exact) mass is 292 g/mol. The van der Waals surface area contributed by atoms with E-state index in [1.54, 1.807) is 0 Å². The molecule has 0 radical (unpaired) electrons. The fraction of sp³-hybridized carbons (Fsp3) is 0.588. The van der Waals surface area contributed by atoms with Crippen LogP contribution in [0.2, 0.25) is 0 Å². The Bertz CT molecular complexity index is 446. The highest BCUT2D eigenvalue weighted by atomic mass is 16.5. The summed E-state index contributed by atoms with van der Waals surface area (Å²) < 4.78 is 5.79. The fourth-order valence-corrected chi connectivity index (χ4v) is 2.15. The number of amides is 1. The number of para-hydroxylation sites is 1. The second-order valence-electron chi connectivity index (χ2n) is 5.68. The van der Waals surface area contributed by atoms with Crippen molar-refractivity contribution in [3.63, 3.8) is 0 Å². The van der Waals surface area contributed by atoms with E-state index in [0.717, 1.165) is 30.6 Å². The van der Waals surface area contributed by atoms with Gasteiger partial charge in [-0.05, 0) is 33.3 Å². The number of carbonyl (C=O) groups is 1. The van der Waals surface area contributed by atoms with E-state index in [9.17, 15) is 4.79 Å². The Hall–Kier alpha value is -1.55. The topological polar surface area (TPSA) is 64.4 Å². The van der Waals surface area contributed by atoms with Crippen LogP contribution in [0.15, 0.2) is 24.3 Å². The van der Waals surface area contributed by atoms with E-state index in [-0.39, 0.29) is 18.1 Å². The minimum absolute atomic E-state index is 0.0980. The summed E-state index contributed by atoms with van der Waals surface area (Å²) in [6, 6.07) is 7.21. The summed E-state index contributed by atoms with van der Waals surface area (Å²) in [6.07, 6.45) is 2.83. The van der Waals surface area contributed by atoms with E-state index in [1.807, 2.05) is 45.0 Å². The Morgan fingerprint density at radius 2 is 1.95 bits per heavy atom. The second kappa shape index (κ2) is 8.67. The lowest BCUT2D eigenvalue weighted by Crippen LogP contribution is -2.41. The predicted molar refractivity (Wildman–Crippen MR) is 86.3 cm³/mol. The molecule has 118 valence electrons. The van der Waals surface area contributed by atoms with Crippen LogP contribution in [0.1, 0.15) is 58.6 Å². The van der Waals surface area contributed by atoms with Crippen LogP contribution in [0, 0.1) is 0 Å². The molecular weight excluding hydrogens is 264 g/mol. The highest BCUT2D eigenvalue weighted by molar-refractivity contribution is 5.81. The summed E-state index contributed by atoms with van der Waals surface area (Å²) in [5, 5.41) is 2.97. The first kappa shape index (κ1) is 17.5. The van der Waals surface area contributed by atoms with Crippen LogP contribution >= 0.6 is 0 Å². The van der Waals surface area contributed by atoms with Crippen LogP contribution in [-0.2, 0) is 4.79 Å². The zero-order chi connectivity index (χ0) is 15.8. The van der Waals surface area contributed by atoms with Crippen molar-refractivity contribution in [1.29, 1.82) is 0 Å². The molecule has 3 N–H and O–H groups in total. The number of carbonyl (C=O) groups excluding carboxylic acids is 1. The molecule has 4 heteroatoms. The minimum Gasteiger partial charge on any atom is -0.491 e. The quantitative estimate of drug-likeness (QED) is 0.773. The largest absolute Gasteiger partial charge is 0.491 e. The van der Waals surface area contributed by atoms with Crippen LogP contribution in [0.5, 0.6) is 5.75 Å². The Labute approximate surface area is 128 Å². The van der Waals surface area contributed by atoms with Gasteiger partial charge in [-0.3, -0.25) is 4.79 Å². The number of unbranched alkanes of at least 4 members (excludes halogenated alkanes) is 1. The summed E-state index contributed by atoms with van der Waals surface area (Å²) in [7, 11) is 0. The van der Waals surface area contributed by atoms with E-state index in [4.69, 9.17) is 10.5 Å². The first-order valence-electron chi connectivity index (χ1n) is 7.77. The van der Waals surface area contributed by atoms with Crippen molar-refractivity contribution in [3.8, 4) is 5.75 Å². The molecule has 0 bridgehead atoms. The van der Waals surface area contributed by atoms with Crippen molar-refractivity contribution in [2.75, 3.05) is 0 Å². The SMILES string of the molecule is CCCC[C@H](N)C(=O)NC(C)c1ccccc1OC(C)C. The molecule has 1 aromatic rings. The molecule has 0 aliphatic rings. The molecule has 0 saturated carbocycles. The molecule has 1 rings (SSSR count). The molecule has 0 heterocycles. The first-order chi connectivity index (χ1) is 9.95. The van der Waals surface area contributed by atoms with Gasteiger partial charge >= 0.3 is 0 Å². The van der Waals surface area contributed by atoms with Gasteiger partial charge in [-0.2, -0.15) is 0 Å². The lowest BCUT2D eigenvalue weighted by Gasteiger charge is -2.21. The third-order valence-corrected chi connectivity index (χ3v) is 3.31. The number of benzene rings is 1. The van der Waals surface area contributed by atoms with Gasteiger partial charge in [-0.15, -0.1) is 0 Å². The second-order valence-corrected chi connectivity index (χ2v) is 5.68. The summed E-state index contributed by atoms with van der Waals surface area (Å²) >= 11 is 0. The third-order valence-electron chi connectivity index (χ3n) is 3.31. The Morgan fingerprint density at radius 1 is 1.29 bits per heavy atom. The Balaban J connectivity index is 2.70. The fourth-order valence-electron chi connectivity index (χ4n) is 2.15. The lowest BCUT2D eigenvalue weighted by molar-refractivity contribution is -0.123. The first-order valence-corrected chi connectivity index (χ1v) is 7.77. The van der Waals surface area contributed by atoms with Crippen molar-refractivity contribution in [2.45, 2.75) is 65.1 Å². The molecule has 1 unspecified atom stereocenters. The molecule has 1 amide bonds. The van der Waals surface area contributed by atoms with E-state index in [2.05, 4.69) is 12.2 Å². The lowest BCUT2D eigenvalue weighted by atomic mass is 10.1. The van der Waals surface area contributed by atoms with Gasteiger partial charge in [0.25, 0.3) is 0 Å². The van der Waals surface area contributed by atoms with E-state index < -0.39 is 6.04 Å². The van der Waals surface area contributed by atoms with Crippen LogP contribution in [0.3, 0.4) is 0 Å². The minimum atomic E-state index is -0.439. The summed E-state index contributed by atoms with van der Waals surface area (Å²) in [4.78, 5) is 12.1. The van der Waals surface area contributed by atoms with Gasteiger partial charge < -0.3 is 15.8 Å². The van der Waals surface area contributed by atoms with E-state index in [0.29, 0.717) is 0 Å². The normalized spacial score (nSPS) is 13.8. The predicted octanol–water partition coefficient (Wildman–Crippen LogP) is 3.17. The van der Waals surface area contributed by atoms with Gasteiger partial charge in [0.05, 0.1) is 18.2 Å². The zero-order valence-electron chi connectivity index (χ0n) is 13.6. The smallest absolute Gasteiger partial charge is 0.237 e. The van der Waals surface area contributed by atoms with Crippen molar-refractivity contribution < 1.29 is 9.53 Å². The van der Waals surface area contributed by atoms with Crippen molar-refractivity contribution in [1.82, 2.24) is 5.32 Å². The molecule has 0 spiro atoms. The molecule has 0 aromatic heterocycles. The number of hydrogen-bond donors (Lipinski definition) is 2. The van der Waals surface area contributed by atoms with Crippen LogP contribution in [-0.4, -0.2) is 18.1 Å². The maximum Gasteiger partial charge on any atom is 0.237 e. The van der Waals surface area contributed by atoms with Gasteiger partial charge in [-0.1, -0.05) is 38.0 Å². The number of nitrogens with two attached hydrogens (primary N) is 1. The molecule has 1 aromatic carbocycles. The molecule has 21 heavy (non-hydrogen) atoms.